The highest BCUT2D eigenvalue weighted by Gasteiger charge is 2.14. The Morgan fingerprint density at radius 3 is 1.96 bits per heavy atom. The highest BCUT2D eigenvalue weighted by molar-refractivity contribution is 5.94. The van der Waals surface area contributed by atoms with E-state index in [1.807, 2.05) is 65.7 Å². The maximum absolute atomic E-state index is 13.9. The lowest BCUT2D eigenvalue weighted by Crippen LogP contribution is -2.41. The number of nitrogens with one attached hydrogen (secondary N) is 1. The highest BCUT2D eigenvalue weighted by Crippen LogP contribution is 2.18. The van der Waals surface area contributed by atoms with Crippen LogP contribution in [-0.2, 0) is 13.1 Å². The normalized spacial score (nSPS) is 10.6. The summed E-state index contributed by atoms with van der Waals surface area (Å²) in [6.45, 7) is 1.06. The van der Waals surface area contributed by atoms with Gasteiger partial charge in [0.05, 0.1) is 7.11 Å². The van der Waals surface area contributed by atoms with Gasteiger partial charge in [0.1, 0.15) is 0 Å². The van der Waals surface area contributed by atoms with Crippen LogP contribution in [0, 0.1) is 5.82 Å². The fourth-order valence-corrected chi connectivity index (χ4v) is 2.76. The third kappa shape index (κ3) is 5.15. The molecule has 0 aliphatic carbocycles. The molecule has 138 valence electrons. The van der Waals surface area contributed by atoms with E-state index in [2.05, 4.69) is 5.43 Å². The first-order chi connectivity index (χ1) is 13.2. The summed E-state index contributed by atoms with van der Waals surface area (Å²) >= 11 is 0. The molecule has 0 atom stereocenters. The summed E-state index contributed by atoms with van der Waals surface area (Å²) in [7, 11) is 1.39. The number of rotatable bonds is 7. The summed E-state index contributed by atoms with van der Waals surface area (Å²) in [4.78, 5) is 12.6. The van der Waals surface area contributed by atoms with Gasteiger partial charge in [-0.05, 0) is 29.3 Å². The quantitative estimate of drug-likeness (QED) is 0.640. The van der Waals surface area contributed by atoms with Crippen LogP contribution in [0.5, 0.6) is 5.75 Å². The van der Waals surface area contributed by atoms with Crippen LogP contribution in [0.3, 0.4) is 0 Å². The zero-order valence-corrected chi connectivity index (χ0v) is 15.1. The molecule has 0 aliphatic rings. The lowest BCUT2D eigenvalue weighted by atomic mass is 10.2. The van der Waals surface area contributed by atoms with Crippen LogP contribution in [0.1, 0.15) is 21.5 Å². The predicted octanol–water partition coefficient (Wildman–Crippen LogP) is 4.18. The fourth-order valence-electron chi connectivity index (χ4n) is 2.76. The van der Waals surface area contributed by atoms with Crippen molar-refractivity contribution in [1.29, 1.82) is 0 Å². The molecule has 3 aromatic carbocycles. The van der Waals surface area contributed by atoms with Gasteiger partial charge in [-0.15, -0.1) is 0 Å². The molecule has 0 heterocycles. The number of benzene rings is 3. The van der Waals surface area contributed by atoms with Gasteiger partial charge < -0.3 is 4.74 Å². The molecule has 0 radical (unpaired) electrons. The van der Waals surface area contributed by atoms with Gasteiger partial charge >= 0.3 is 0 Å². The van der Waals surface area contributed by atoms with Gasteiger partial charge in [0, 0.05) is 18.7 Å². The first kappa shape index (κ1) is 18.6. The van der Waals surface area contributed by atoms with E-state index in [1.165, 1.54) is 19.2 Å². The number of hydrogen-bond acceptors (Lipinski definition) is 3. The van der Waals surface area contributed by atoms with Crippen molar-refractivity contribution < 1.29 is 13.9 Å². The summed E-state index contributed by atoms with van der Waals surface area (Å²) < 4.78 is 18.8. The van der Waals surface area contributed by atoms with Crippen molar-refractivity contribution in [3.63, 3.8) is 0 Å². The topological polar surface area (TPSA) is 41.6 Å². The lowest BCUT2D eigenvalue weighted by Gasteiger charge is -2.23. The zero-order chi connectivity index (χ0) is 19.1. The molecule has 0 aliphatic heterocycles. The monoisotopic (exact) mass is 364 g/mol. The molecule has 0 aromatic heterocycles. The summed E-state index contributed by atoms with van der Waals surface area (Å²) in [5.41, 5.74) is 5.25. The number of amides is 1. The molecule has 1 N–H and O–H groups in total. The van der Waals surface area contributed by atoms with Crippen molar-refractivity contribution in [2.24, 2.45) is 0 Å². The van der Waals surface area contributed by atoms with E-state index in [9.17, 15) is 9.18 Å². The van der Waals surface area contributed by atoms with Crippen LogP contribution in [0.2, 0.25) is 0 Å². The number of carbonyl (C=O) groups excluding carboxylic acids is 1. The lowest BCUT2D eigenvalue weighted by molar-refractivity contribution is 0.0758. The zero-order valence-electron chi connectivity index (χ0n) is 15.1. The SMILES string of the molecule is COc1ccc(C(=O)NN(Cc2ccccc2)Cc2ccccc2)cc1F. The predicted molar refractivity (Wildman–Crippen MR) is 103 cm³/mol. The second-order valence-electron chi connectivity index (χ2n) is 6.12. The van der Waals surface area contributed by atoms with Crippen molar-refractivity contribution in [3.8, 4) is 5.75 Å². The minimum atomic E-state index is -0.567. The van der Waals surface area contributed by atoms with Crippen molar-refractivity contribution in [2.45, 2.75) is 13.1 Å². The van der Waals surface area contributed by atoms with E-state index in [0.29, 0.717) is 13.1 Å². The number of nitrogens with zero attached hydrogens (tertiary/aromatic N) is 1. The number of methoxy groups -OCH3 is 1. The maximum Gasteiger partial charge on any atom is 0.265 e. The van der Waals surface area contributed by atoms with Gasteiger partial charge in [0.2, 0.25) is 0 Å². The van der Waals surface area contributed by atoms with Crippen LogP contribution >= 0.6 is 0 Å². The van der Waals surface area contributed by atoms with Gasteiger partial charge in [-0.1, -0.05) is 60.7 Å². The summed E-state index contributed by atoms with van der Waals surface area (Å²) in [5.74, 6) is -0.830. The van der Waals surface area contributed by atoms with E-state index >= 15 is 0 Å². The number of ether oxygens (including phenoxy) is 1. The Bertz CT molecular complexity index is 844. The Morgan fingerprint density at radius 1 is 0.926 bits per heavy atom. The average molecular weight is 364 g/mol. The second kappa shape index (κ2) is 8.96. The van der Waals surface area contributed by atoms with E-state index in [1.54, 1.807) is 6.07 Å². The minimum absolute atomic E-state index is 0.108. The Hall–Kier alpha value is -3.18. The summed E-state index contributed by atoms with van der Waals surface area (Å²) in [6.07, 6.45) is 0. The van der Waals surface area contributed by atoms with Crippen LogP contribution in [0.4, 0.5) is 4.39 Å². The van der Waals surface area contributed by atoms with E-state index in [0.717, 1.165) is 11.1 Å². The van der Waals surface area contributed by atoms with Gasteiger partial charge in [0.15, 0.2) is 11.6 Å². The number of hydrazine groups is 1. The third-order valence-corrected chi connectivity index (χ3v) is 4.11. The largest absolute Gasteiger partial charge is 0.494 e. The van der Waals surface area contributed by atoms with Crippen LogP contribution < -0.4 is 10.2 Å². The molecule has 0 saturated heterocycles. The van der Waals surface area contributed by atoms with Gasteiger partial charge in [-0.2, -0.15) is 0 Å². The van der Waals surface area contributed by atoms with E-state index in [-0.39, 0.29) is 17.2 Å². The molecule has 5 heteroatoms. The molecule has 27 heavy (non-hydrogen) atoms. The molecular weight excluding hydrogens is 343 g/mol. The van der Waals surface area contributed by atoms with Gasteiger partial charge in [0.25, 0.3) is 5.91 Å². The summed E-state index contributed by atoms with van der Waals surface area (Å²) in [5, 5.41) is 1.81. The van der Waals surface area contributed by atoms with Gasteiger partial charge in [-0.25, -0.2) is 9.40 Å². The van der Waals surface area contributed by atoms with E-state index < -0.39 is 5.82 Å². The molecule has 0 bridgehead atoms. The molecule has 1 amide bonds. The molecule has 0 fully saturated rings. The minimum Gasteiger partial charge on any atom is -0.494 e. The van der Waals surface area contributed by atoms with Crippen molar-refractivity contribution in [3.05, 3.63) is 101 Å². The molecule has 4 nitrogen and oxygen atoms in total. The Kier molecular flexibility index (Phi) is 6.18. The average Bonchev–Trinajstić information content (AvgIpc) is 2.69. The van der Waals surface area contributed by atoms with E-state index in [4.69, 9.17) is 4.74 Å². The number of hydrogen-bond donors (Lipinski definition) is 1. The maximum atomic E-state index is 13.9. The molecule has 0 spiro atoms. The Morgan fingerprint density at radius 2 is 1.48 bits per heavy atom. The molecule has 0 unspecified atom stereocenters. The molecule has 3 aromatic rings. The smallest absolute Gasteiger partial charge is 0.265 e. The Balaban J connectivity index is 1.77. The molecule has 3 rings (SSSR count). The van der Waals surface area contributed by atoms with Gasteiger partial charge in [-0.3, -0.25) is 10.2 Å². The van der Waals surface area contributed by atoms with Crippen LogP contribution in [0.15, 0.2) is 78.9 Å². The first-order valence-corrected chi connectivity index (χ1v) is 8.63. The standard InChI is InChI=1S/C22H21FN2O2/c1-27-21-13-12-19(14-20(21)23)22(26)24-25(15-17-8-4-2-5-9-17)16-18-10-6-3-7-11-18/h2-14H,15-16H2,1H3,(H,24,26). The summed E-state index contributed by atoms with van der Waals surface area (Å²) in [6, 6.07) is 23.9. The van der Waals surface area contributed by atoms with Crippen molar-refractivity contribution >= 4 is 5.91 Å². The first-order valence-electron chi connectivity index (χ1n) is 8.63. The van der Waals surface area contributed by atoms with Crippen LogP contribution in [0.25, 0.3) is 0 Å². The second-order valence-corrected chi connectivity index (χ2v) is 6.12. The fraction of sp³-hybridized carbons (Fsp3) is 0.136. The Labute approximate surface area is 158 Å². The third-order valence-electron chi connectivity index (χ3n) is 4.11. The number of carbonyl (C=O) groups is 1. The van der Waals surface area contributed by atoms with Crippen molar-refractivity contribution in [2.75, 3.05) is 7.11 Å². The molecule has 0 saturated carbocycles. The molecular formula is C22H21FN2O2. The highest BCUT2D eigenvalue weighted by atomic mass is 19.1. The van der Waals surface area contributed by atoms with Crippen LogP contribution in [-0.4, -0.2) is 18.0 Å². The van der Waals surface area contributed by atoms with Crippen molar-refractivity contribution in [1.82, 2.24) is 10.4 Å². The number of halogens is 1.